The summed E-state index contributed by atoms with van der Waals surface area (Å²) in [7, 11) is 0. The number of aryl methyl sites for hydroxylation is 1. The van der Waals surface area contributed by atoms with Gasteiger partial charge in [0.15, 0.2) is 0 Å². The molecule has 170 valence electrons. The number of carbonyl (C=O) groups is 1. The number of rotatable bonds is 5. The van der Waals surface area contributed by atoms with Crippen LogP contribution in [0.15, 0.2) is 33.9 Å². The average molecular weight is 456 g/mol. The van der Waals surface area contributed by atoms with Crippen LogP contribution < -0.4 is 11.2 Å². The molecular formula is C24H29N3O4S. The Bertz CT molecular complexity index is 1270. The molecule has 1 aromatic carbocycles. The lowest BCUT2D eigenvalue weighted by molar-refractivity contribution is 0.103. The Morgan fingerprint density at radius 2 is 1.88 bits per heavy atom. The maximum Gasteiger partial charge on any atom is 0.410 e. The van der Waals surface area contributed by atoms with E-state index in [1.165, 1.54) is 15.9 Å². The first-order valence-electron chi connectivity index (χ1n) is 11.2. The highest BCUT2D eigenvalue weighted by Gasteiger charge is 2.29. The Hall–Kier alpha value is -2.87. The van der Waals surface area contributed by atoms with E-state index < -0.39 is 0 Å². The van der Waals surface area contributed by atoms with E-state index in [2.05, 4.69) is 20.8 Å². The van der Waals surface area contributed by atoms with Crippen LogP contribution in [0.2, 0.25) is 0 Å². The molecule has 0 unspecified atom stereocenters. The predicted octanol–water partition coefficient (Wildman–Crippen LogP) is 3.95. The van der Waals surface area contributed by atoms with Gasteiger partial charge in [0, 0.05) is 18.0 Å². The highest BCUT2D eigenvalue weighted by Crippen LogP contribution is 2.33. The van der Waals surface area contributed by atoms with Crippen LogP contribution in [0.4, 0.5) is 4.79 Å². The number of hydrogen-bond acceptors (Lipinski definition) is 5. The topological polar surface area (TPSA) is 73.5 Å². The molecule has 7 nitrogen and oxygen atoms in total. The molecule has 0 spiro atoms. The summed E-state index contributed by atoms with van der Waals surface area (Å²) in [5.74, 6) is 0.236. The van der Waals surface area contributed by atoms with Crippen molar-refractivity contribution in [2.75, 3.05) is 13.2 Å². The minimum atomic E-state index is -0.344. The van der Waals surface area contributed by atoms with Gasteiger partial charge >= 0.3 is 11.8 Å². The molecule has 0 saturated carbocycles. The molecule has 0 radical (unpaired) electrons. The van der Waals surface area contributed by atoms with Crippen molar-refractivity contribution >= 4 is 27.6 Å². The molecular weight excluding hydrogens is 426 g/mol. The van der Waals surface area contributed by atoms with Crippen molar-refractivity contribution in [3.8, 4) is 5.69 Å². The largest absolute Gasteiger partial charge is 0.450 e. The second-order valence-electron chi connectivity index (χ2n) is 8.50. The first-order chi connectivity index (χ1) is 15.3. The van der Waals surface area contributed by atoms with Crippen molar-refractivity contribution in [2.24, 2.45) is 5.92 Å². The quantitative estimate of drug-likeness (QED) is 0.584. The number of nitrogens with zero attached hydrogens (tertiary/aromatic N) is 3. The highest BCUT2D eigenvalue weighted by atomic mass is 32.1. The number of carbonyl (C=O) groups excluding carboxylic acids is 1. The molecule has 32 heavy (non-hydrogen) atoms. The zero-order chi connectivity index (χ0) is 23.0. The van der Waals surface area contributed by atoms with Crippen molar-refractivity contribution < 1.29 is 9.53 Å². The number of amides is 1. The van der Waals surface area contributed by atoms with Gasteiger partial charge in [-0.25, -0.2) is 14.2 Å². The minimum absolute atomic E-state index is 0.236. The summed E-state index contributed by atoms with van der Waals surface area (Å²) in [5.41, 5.74) is 2.09. The minimum Gasteiger partial charge on any atom is -0.450 e. The molecule has 2 aromatic heterocycles. The normalized spacial score (nSPS) is 13.6. The van der Waals surface area contributed by atoms with Crippen LogP contribution in [0.5, 0.6) is 0 Å². The first-order valence-corrected chi connectivity index (χ1v) is 12.0. The molecule has 0 N–H and O–H groups in total. The van der Waals surface area contributed by atoms with Gasteiger partial charge < -0.3 is 9.64 Å². The van der Waals surface area contributed by atoms with Crippen LogP contribution in [0.3, 0.4) is 0 Å². The van der Waals surface area contributed by atoms with Gasteiger partial charge in [-0.1, -0.05) is 32.9 Å². The smallest absolute Gasteiger partial charge is 0.410 e. The van der Waals surface area contributed by atoms with Gasteiger partial charge in [-0.15, -0.1) is 11.3 Å². The third kappa shape index (κ3) is 3.88. The molecule has 8 heteroatoms. The van der Waals surface area contributed by atoms with Crippen LogP contribution in [0, 0.1) is 5.92 Å². The van der Waals surface area contributed by atoms with Crippen molar-refractivity contribution in [2.45, 2.75) is 53.6 Å². The lowest BCUT2D eigenvalue weighted by Gasteiger charge is -2.25. The van der Waals surface area contributed by atoms with Gasteiger partial charge in [-0.3, -0.25) is 9.36 Å². The van der Waals surface area contributed by atoms with Crippen molar-refractivity contribution in [3.63, 3.8) is 0 Å². The molecule has 0 fully saturated rings. The maximum absolute atomic E-state index is 13.6. The lowest BCUT2D eigenvalue weighted by atomic mass is 10.1. The number of thiophene rings is 1. The summed E-state index contributed by atoms with van der Waals surface area (Å²) in [5, 5.41) is 0.605. The van der Waals surface area contributed by atoms with Gasteiger partial charge in [0.05, 0.1) is 24.2 Å². The predicted molar refractivity (Wildman–Crippen MR) is 127 cm³/mol. The first kappa shape index (κ1) is 22.3. The van der Waals surface area contributed by atoms with E-state index >= 15 is 0 Å². The molecule has 3 aromatic rings. The Balaban J connectivity index is 1.93. The van der Waals surface area contributed by atoms with E-state index in [4.69, 9.17) is 4.74 Å². The van der Waals surface area contributed by atoms with Gasteiger partial charge in [-0.05, 0) is 48.9 Å². The average Bonchev–Trinajstić information content (AvgIpc) is 3.16. The van der Waals surface area contributed by atoms with E-state index in [9.17, 15) is 14.4 Å². The van der Waals surface area contributed by atoms with Crippen LogP contribution in [-0.2, 0) is 30.7 Å². The second kappa shape index (κ2) is 8.94. The Morgan fingerprint density at radius 3 is 2.50 bits per heavy atom. The van der Waals surface area contributed by atoms with Crippen LogP contribution in [0.1, 0.15) is 43.7 Å². The highest BCUT2D eigenvalue weighted by molar-refractivity contribution is 7.18. The molecule has 0 atom stereocenters. The zero-order valence-electron chi connectivity index (χ0n) is 19.0. The van der Waals surface area contributed by atoms with E-state index in [1.807, 2.05) is 24.3 Å². The summed E-state index contributed by atoms with van der Waals surface area (Å²) >= 11 is 1.45. The number of benzene rings is 1. The SMILES string of the molecule is CCOC(=O)N1CCc2c(sc3c2c(=O)n(-c2ccc(CC)cc2)c(=O)n3CC(C)C)C1. The fourth-order valence-electron chi connectivity index (χ4n) is 4.21. The molecule has 1 aliphatic rings. The zero-order valence-corrected chi connectivity index (χ0v) is 19.8. The Morgan fingerprint density at radius 1 is 1.16 bits per heavy atom. The summed E-state index contributed by atoms with van der Waals surface area (Å²) in [6.07, 6.45) is 1.11. The summed E-state index contributed by atoms with van der Waals surface area (Å²) in [6, 6.07) is 7.60. The third-order valence-electron chi connectivity index (χ3n) is 5.80. The van der Waals surface area contributed by atoms with Crippen LogP contribution in [0.25, 0.3) is 15.9 Å². The Kier molecular flexibility index (Phi) is 6.24. The fourth-order valence-corrected chi connectivity index (χ4v) is 5.57. The molecule has 1 aliphatic heterocycles. The molecule has 0 bridgehead atoms. The van der Waals surface area contributed by atoms with Gasteiger partial charge in [-0.2, -0.15) is 0 Å². The summed E-state index contributed by atoms with van der Waals surface area (Å²) in [6.45, 7) is 9.69. The van der Waals surface area contributed by atoms with E-state index in [0.29, 0.717) is 48.6 Å². The molecule has 1 amide bonds. The van der Waals surface area contributed by atoms with Crippen LogP contribution in [-0.4, -0.2) is 33.3 Å². The number of hydrogen-bond donors (Lipinski definition) is 0. The molecule has 0 aliphatic carbocycles. The van der Waals surface area contributed by atoms with Gasteiger partial charge in [0.2, 0.25) is 0 Å². The maximum atomic E-state index is 13.6. The van der Waals surface area contributed by atoms with E-state index in [-0.39, 0.29) is 23.3 Å². The molecule has 3 heterocycles. The summed E-state index contributed by atoms with van der Waals surface area (Å²) in [4.78, 5) is 42.7. The number of fused-ring (bicyclic) bond motifs is 3. The fraction of sp³-hybridized carbons (Fsp3) is 0.458. The molecule has 0 saturated heterocycles. The Labute approximate surface area is 190 Å². The van der Waals surface area contributed by atoms with Crippen LogP contribution >= 0.6 is 11.3 Å². The lowest BCUT2D eigenvalue weighted by Crippen LogP contribution is -2.40. The van der Waals surface area contributed by atoms with Crippen molar-refractivity contribution in [3.05, 3.63) is 61.1 Å². The number of aromatic nitrogens is 2. The second-order valence-corrected chi connectivity index (χ2v) is 9.59. The van der Waals surface area contributed by atoms with Gasteiger partial charge in [0.1, 0.15) is 4.83 Å². The number of ether oxygens (including phenoxy) is 1. The van der Waals surface area contributed by atoms with E-state index in [0.717, 1.165) is 22.4 Å². The van der Waals surface area contributed by atoms with Gasteiger partial charge in [0.25, 0.3) is 5.56 Å². The standard InChI is InChI=1S/C24H29N3O4S/c1-5-16-7-9-17(10-8-16)27-21(28)20-18-11-12-25(24(30)31-6-2)14-19(18)32-22(20)26(23(27)29)13-15(3)4/h7-10,15H,5-6,11-14H2,1-4H3. The third-order valence-corrected chi connectivity index (χ3v) is 7.04. The van der Waals surface area contributed by atoms with Crippen molar-refractivity contribution in [1.29, 1.82) is 0 Å². The van der Waals surface area contributed by atoms with E-state index in [1.54, 1.807) is 16.4 Å². The summed E-state index contributed by atoms with van der Waals surface area (Å²) < 4.78 is 8.19. The monoisotopic (exact) mass is 455 g/mol. The van der Waals surface area contributed by atoms with Crippen molar-refractivity contribution in [1.82, 2.24) is 14.0 Å². The molecule has 4 rings (SSSR count).